The van der Waals surface area contributed by atoms with Crippen LogP contribution in [0.1, 0.15) is 18.9 Å². The van der Waals surface area contributed by atoms with Gasteiger partial charge in [0.25, 0.3) is 0 Å². The van der Waals surface area contributed by atoms with E-state index in [0.717, 1.165) is 30.8 Å². The van der Waals surface area contributed by atoms with Crippen molar-refractivity contribution in [2.45, 2.75) is 25.8 Å². The molecule has 1 unspecified atom stereocenters. The monoisotopic (exact) mass is 311 g/mol. The zero-order chi connectivity index (χ0) is 16.2. The van der Waals surface area contributed by atoms with Gasteiger partial charge in [-0.15, -0.1) is 0 Å². The molecule has 0 radical (unpaired) electrons. The zero-order valence-electron chi connectivity index (χ0n) is 13.5. The van der Waals surface area contributed by atoms with Crippen molar-refractivity contribution < 1.29 is 9.53 Å². The number of methoxy groups -OCH3 is 1. The van der Waals surface area contributed by atoms with Gasteiger partial charge in [0, 0.05) is 18.3 Å². The fourth-order valence-corrected chi connectivity index (χ4v) is 2.89. The molecule has 2 heterocycles. The third-order valence-electron chi connectivity index (χ3n) is 4.08. The number of pyridine rings is 1. The van der Waals surface area contributed by atoms with Crippen LogP contribution in [0.2, 0.25) is 0 Å². The molecule has 5 nitrogen and oxygen atoms in total. The van der Waals surface area contributed by atoms with Crippen molar-refractivity contribution in [1.82, 2.24) is 4.98 Å². The first-order valence-corrected chi connectivity index (χ1v) is 7.85. The molecule has 0 saturated carbocycles. The molecule has 1 N–H and O–H groups in total. The van der Waals surface area contributed by atoms with E-state index < -0.39 is 0 Å². The number of nitrogens with one attached hydrogen (secondary N) is 1. The summed E-state index contributed by atoms with van der Waals surface area (Å²) >= 11 is 0. The molecule has 1 amide bonds. The SMILES string of the molecule is COc1ccc(NC(C)C(=O)N2CCCc3ccccc32)cn1. The molecule has 0 bridgehead atoms. The average molecular weight is 311 g/mol. The first kappa shape index (κ1) is 15.3. The minimum atomic E-state index is -0.323. The molecule has 1 aromatic carbocycles. The molecule has 2 aromatic rings. The molecule has 1 aliphatic heterocycles. The maximum Gasteiger partial charge on any atom is 0.249 e. The third kappa shape index (κ3) is 3.28. The lowest BCUT2D eigenvalue weighted by molar-refractivity contribution is -0.119. The van der Waals surface area contributed by atoms with Crippen LogP contribution in [0, 0.1) is 0 Å². The van der Waals surface area contributed by atoms with Gasteiger partial charge in [-0.25, -0.2) is 4.98 Å². The van der Waals surface area contributed by atoms with Crippen molar-refractivity contribution in [3.05, 3.63) is 48.2 Å². The van der Waals surface area contributed by atoms with Crippen LogP contribution in [-0.2, 0) is 11.2 Å². The molecule has 0 fully saturated rings. The standard InChI is InChI=1S/C18H21N3O2/c1-13(20-15-9-10-17(23-2)19-12-15)18(22)21-11-5-7-14-6-3-4-8-16(14)21/h3-4,6,8-10,12-13,20H,5,7,11H2,1-2H3. The number of aromatic nitrogens is 1. The highest BCUT2D eigenvalue weighted by Crippen LogP contribution is 2.27. The van der Waals surface area contributed by atoms with Crippen molar-refractivity contribution in [3.8, 4) is 5.88 Å². The molecule has 3 rings (SSSR count). The molecule has 1 aliphatic rings. The second-order valence-electron chi connectivity index (χ2n) is 5.68. The van der Waals surface area contributed by atoms with E-state index in [0.29, 0.717) is 5.88 Å². The lowest BCUT2D eigenvalue weighted by atomic mass is 10.0. The maximum absolute atomic E-state index is 12.8. The average Bonchev–Trinajstić information content (AvgIpc) is 2.61. The summed E-state index contributed by atoms with van der Waals surface area (Å²) in [6.45, 7) is 2.65. The number of carbonyl (C=O) groups excluding carboxylic acids is 1. The summed E-state index contributed by atoms with van der Waals surface area (Å²) in [4.78, 5) is 18.8. The van der Waals surface area contributed by atoms with Gasteiger partial charge < -0.3 is 15.0 Å². The second kappa shape index (κ2) is 6.69. The molecule has 0 saturated heterocycles. The summed E-state index contributed by atoms with van der Waals surface area (Å²) in [6, 6.07) is 11.4. The van der Waals surface area contributed by atoms with Crippen LogP contribution in [0.25, 0.3) is 0 Å². The summed E-state index contributed by atoms with van der Waals surface area (Å²) in [5.41, 5.74) is 3.08. The first-order chi connectivity index (χ1) is 11.2. The van der Waals surface area contributed by atoms with E-state index in [1.165, 1.54) is 5.56 Å². The number of carbonyl (C=O) groups is 1. The van der Waals surface area contributed by atoms with E-state index in [4.69, 9.17) is 4.74 Å². The lowest BCUT2D eigenvalue weighted by Crippen LogP contribution is -2.44. The summed E-state index contributed by atoms with van der Waals surface area (Å²) in [6.07, 6.45) is 3.70. The molecular formula is C18H21N3O2. The Labute approximate surface area is 136 Å². The Bertz CT molecular complexity index is 685. The van der Waals surface area contributed by atoms with Gasteiger partial charge >= 0.3 is 0 Å². The summed E-state index contributed by atoms with van der Waals surface area (Å²) < 4.78 is 5.04. The molecule has 120 valence electrons. The van der Waals surface area contributed by atoms with Gasteiger partial charge in [0.15, 0.2) is 0 Å². The van der Waals surface area contributed by atoms with Gasteiger partial charge in [-0.3, -0.25) is 4.79 Å². The van der Waals surface area contributed by atoms with Crippen LogP contribution >= 0.6 is 0 Å². The fourth-order valence-electron chi connectivity index (χ4n) is 2.89. The topological polar surface area (TPSA) is 54.5 Å². The summed E-state index contributed by atoms with van der Waals surface area (Å²) in [7, 11) is 1.58. The Morgan fingerprint density at radius 1 is 1.30 bits per heavy atom. The van der Waals surface area contributed by atoms with Gasteiger partial charge in [-0.05, 0) is 37.5 Å². The van der Waals surface area contributed by atoms with Gasteiger partial charge in [-0.1, -0.05) is 18.2 Å². The highest BCUT2D eigenvalue weighted by Gasteiger charge is 2.26. The fraction of sp³-hybridized carbons (Fsp3) is 0.333. The number of amides is 1. The Hall–Kier alpha value is -2.56. The molecule has 1 atom stereocenters. The smallest absolute Gasteiger partial charge is 0.249 e. The Balaban J connectivity index is 1.72. The molecular weight excluding hydrogens is 290 g/mol. The quantitative estimate of drug-likeness (QED) is 0.943. The number of para-hydroxylation sites is 1. The predicted octanol–water partition coefficient (Wildman–Crippen LogP) is 2.87. The number of anilines is 2. The van der Waals surface area contributed by atoms with E-state index in [-0.39, 0.29) is 11.9 Å². The first-order valence-electron chi connectivity index (χ1n) is 7.85. The van der Waals surface area contributed by atoms with Gasteiger partial charge in [0.05, 0.1) is 19.0 Å². The van der Waals surface area contributed by atoms with Gasteiger partial charge in [-0.2, -0.15) is 0 Å². The number of ether oxygens (including phenoxy) is 1. The van der Waals surface area contributed by atoms with E-state index in [2.05, 4.69) is 16.4 Å². The summed E-state index contributed by atoms with van der Waals surface area (Å²) in [5, 5.41) is 3.21. The van der Waals surface area contributed by atoms with Crippen molar-refractivity contribution in [2.75, 3.05) is 23.9 Å². The molecule has 23 heavy (non-hydrogen) atoms. The van der Waals surface area contributed by atoms with E-state index in [1.807, 2.05) is 36.1 Å². The van der Waals surface area contributed by atoms with Gasteiger partial charge in [0.2, 0.25) is 11.8 Å². The summed E-state index contributed by atoms with van der Waals surface area (Å²) in [5.74, 6) is 0.632. The minimum Gasteiger partial charge on any atom is -0.481 e. The van der Waals surface area contributed by atoms with Crippen LogP contribution in [0.5, 0.6) is 5.88 Å². The Morgan fingerprint density at radius 3 is 2.87 bits per heavy atom. The lowest BCUT2D eigenvalue weighted by Gasteiger charge is -2.31. The molecule has 0 spiro atoms. The minimum absolute atomic E-state index is 0.0768. The van der Waals surface area contributed by atoms with Crippen LogP contribution in [0.4, 0.5) is 11.4 Å². The Kier molecular flexibility index (Phi) is 4.46. The molecule has 1 aromatic heterocycles. The van der Waals surface area contributed by atoms with Crippen molar-refractivity contribution in [2.24, 2.45) is 0 Å². The number of hydrogen-bond donors (Lipinski definition) is 1. The van der Waals surface area contributed by atoms with Gasteiger partial charge in [0.1, 0.15) is 6.04 Å². The van der Waals surface area contributed by atoms with Crippen LogP contribution in [0.3, 0.4) is 0 Å². The van der Waals surface area contributed by atoms with E-state index in [9.17, 15) is 4.79 Å². The molecule has 0 aliphatic carbocycles. The largest absolute Gasteiger partial charge is 0.481 e. The normalized spacial score (nSPS) is 14.8. The number of rotatable bonds is 4. The van der Waals surface area contributed by atoms with Crippen molar-refractivity contribution in [1.29, 1.82) is 0 Å². The highest BCUT2D eigenvalue weighted by molar-refractivity contribution is 5.99. The molecule has 5 heteroatoms. The highest BCUT2D eigenvalue weighted by atomic mass is 16.5. The number of benzene rings is 1. The zero-order valence-corrected chi connectivity index (χ0v) is 13.5. The second-order valence-corrected chi connectivity index (χ2v) is 5.68. The maximum atomic E-state index is 12.8. The number of fused-ring (bicyclic) bond motifs is 1. The van der Waals surface area contributed by atoms with Crippen molar-refractivity contribution in [3.63, 3.8) is 0 Å². The predicted molar refractivity (Wildman–Crippen MR) is 91.0 cm³/mol. The van der Waals surface area contributed by atoms with Crippen molar-refractivity contribution >= 4 is 17.3 Å². The van der Waals surface area contributed by atoms with Crippen LogP contribution in [0.15, 0.2) is 42.6 Å². The van der Waals surface area contributed by atoms with Crippen LogP contribution < -0.4 is 15.0 Å². The number of nitrogens with zero attached hydrogens (tertiary/aromatic N) is 2. The van der Waals surface area contributed by atoms with E-state index >= 15 is 0 Å². The number of hydrogen-bond acceptors (Lipinski definition) is 4. The van der Waals surface area contributed by atoms with Crippen LogP contribution in [-0.4, -0.2) is 30.6 Å². The Morgan fingerprint density at radius 2 is 2.13 bits per heavy atom. The van der Waals surface area contributed by atoms with E-state index in [1.54, 1.807) is 19.4 Å². The third-order valence-corrected chi connectivity index (χ3v) is 4.08. The number of aryl methyl sites for hydroxylation is 1.